The highest BCUT2D eigenvalue weighted by molar-refractivity contribution is 7.17. The Balaban J connectivity index is 1.81. The molecule has 0 aliphatic heterocycles. The highest BCUT2D eigenvalue weighted by Gasteiger charge is 2.33. The molecule has 0 aliphatic carbocycles. The van der Waals surface area contributed by atoms with E-state index in [2.05, 4.69) is 67.8 Å². The van der Waals surface area contributed by atoms with E-state index in [1.807, 2.05) is 30.3 Å². The molecule has 0 spiro atoms. The minimum absolute atomic E-state index is 0.181. The summed E-state index contributed by atoms with van der Waals surface area (Å²) >= 11 is 1.59. The van der Waals surface area contributed by atoms with Gasteiger partial charge in [-0.3, -0.25) is 4.98 Å². The van der Waals surface area contributed by atoms with Gasteiger partial charge in [-0.25, -0.2) is 9.97 Å². The lowest BCUT2D eigenvalue weighted by Gasteiger charge is -2.31. The summed E-state index contributed by atoms with van der Waals surface area (Å²) in [7, 11) is -1.78. The summed E-state index contributed by atoms with van der Waals surface area (Å²) in [4.78, 5) is 14.0. The van der Waals surface area contributed by atoms with E-state index < -0.39 is 14.1 Å². The highest BCUT2D eigenvalue weighted by Crippen LogP contribution is 2.36. The topological polar surface area (TPSA) is 90.7 Å². The van der Waals surface area contributed by atoms with Crippen LogP contribution in [-0.4, -0.2) is 29.1 Å². The Morgan fingerprint density at radius 1 is 1.00 bits per heavy atom. The molecular weight excluding hydrogens is 466 g/mol. The van der Waals surface area contributed by atoms with Crippen molar-refractivity contribution in [3.63, 3.8) is 0 Å². The highest BCUT2D eigenvalue weighted by atomic mass is 32.1. The molecule has 3 heterocycles. The molecule has 3 aromatic heterocycles. The van der Waals surface area contributed by atoms with Crippen LogP contribution in [-0.2, 0) is 6.42 Å². The van der Waals surface area contributed by atoms with E-state index in [0.29, 0.717) is 12.2 Å². The second kappa shape index (κ2) is 10.00. The molecular formula is C28H33N5SSi. The van der Waals surface area contributed by atoms with E-state index in [1.165, 1.54) is 0 Å². The van der Waals surface area contributed by atoms with Crippen LogP contribution in [0.15, 0.2) is 60.2 Å². The number of hydrogen-bond donors (Lipinski definition) is 2. The zero-order valence-electron chi connectivity index (χ0n) is 21.0. The Labute approximate surface area is 213 Å². The molecule has 4 aromatic rings. The van der Waals surface area contributed by atoms with Gasteiger partial charge in [0.2, 0.25) is 0 Å². The fourth-order valence-electron chi connectivity index (χ4n) is 3.51. The SMILES string of the molecule is CC(C)(C)[Si](C)(C)C#Cc1csc2c(C(N)C(N)Cc3ccccc3)nc(-c3ccncc3)nc12. The molecule has 0 amide bonds. The molecule has 4 rings (SSSR count). The van der Waals surface area contributed by atoms with Crippen molar-refractivity contribution in [2.24, 2.45) is 11.5 Å². The van der Waals surface area contributed by atoms with Crippen LogP contribution in [0.25, 0.3) is 21.6 Å². The molecule has 0 aliphatic rings. The van der Waals surface area contributed by atoms with Crippen molar-refractivity contribution in [1.29, 1.82) is 0 Å². The third kappa shape index (κ3) is 5.52. The summed E-state index contributed by atoms with van der Waals surface area (Å²) in [5.41, 5.74) is 21.6. The molecule has 5 nitrogen and oxygen atoms in total. The van der Waals surface area contributed by atoms with Gasteiger partial charge in [-0.15, -0.1) is 16.9 Å². The summed E-state index contributed by atoms with van der Waals surface area (Å²) in [6.07, 6.45) is 4.16. The summed E-state index contributed by atoms with van der Waals surface area (Å²) in [5.74, 6) is 4.09. The van der Waals surface area contributed by atoms with E-state index in [-0.39, 0.29) is 11.1 Å². The number of thiophene rings is 1. The molecule has 2 unspecified atom stereocenters. The molecule has 7 heteroatoms. The molecule has 0 bridgehead atoms. The standard InChI is InChI=1S/C28H33N5SSi/c1-28(2,3)35(4,5)16-13-21-18-34-26-24(21)32-27(20-11-14-31-15-12-20)33-25(26)23(30)22(29)17-19-9-7-6-8-10-19/h6-12,14-15,18,22-23H,17,29-30H2,1-5H3. The Hall–Kier alpha value is -2.89. The van der Waals surface area contributed by atoms with Crippen molar-refractivity contribution < 1.29 is 0 Å². The predicted octanol–water partition coefficient (Wildman–Crippen LogP) is 5.72. The van der Waals surface area contributed by atoms with Gasteiger partial charge in [0, 0.05) is 29.4 Å². The fraction of sp³-hybridized carbons (Fsp3) is 0.321. The first-order valence-corrected chi connectivity index (χ1v) is 15.7. The Kier molecular flexibility index (Phi) is 7.20. The first-order valence-electron chi connectivity index (χ1n) is 11.8. The van der Waals surface area contributed by atoms with Crippen molar-refractivity contribution in [3.05, 3.63) is 77.1 Å². The van der Waals surface area contributed by atoms with Crippen LogP contribution in [0.4, 0.5) is 0 Å². The molecule has 2 atom stereocenters. The summed E-state index contributed by atoms with van der Waals surface area (Å²) in [5, 5.41) is 2.26. The van der Waals surface area contributed by atoms with Gasteiger partial charge in [-0.2, -0.15) is 0 Å². The van der Waals surface area contributed by atoms with Gasteiger partial charge in [0.05, 0.1) is 22.0 Å². The molecule has 1 aromatic carbocycles. The molecule has 4 N–H and O–H groups in total. The van der Waals surface area contributed by atoms with Crippen molar-refractivity contribution in [1.82, 2.24) is 15.0 Å². The third-order valence-electron chi connectivity index (χ3n) is 6.86. The first kappa shape index (κ1) is 25.2. The quantitative estimate of drug-likeness (QED) is 0.271. The third-order valence-corrected chi connectivity index (χ3v) is 12.3. The number of benzene rings is 1. The average Bonchev–Trinajstić information content (AvgIpc) is 3.25. The van der Waals surface area contributed by atoms with Crippen LogP contribution in [0, 0.1) is 11.5 Å². The summed E-state index contributed by atoms with van der Waals surface area (Å²) in [6.45, 7) is 11.4. The fourth-order valence-corrected chi connectivity index (χ4v) is 5.31. The lowest BCUT2D eigenvalue weighted by Crippen LogP contribution is -2.36. The monoisotopic (exact) mass is 499 g/mol. The van der Waals surface area contributed by atoms with Gasteiger partial charge >= 0.3 is 0 Å². The maximum atomic E-state index is 6.76. The van der Waals surface area contributed by atoms with Crippen LogP contribution in [0.3, 0.4) is 0 Å². The Morgan fingerprint density at radius 2 is 1.69 bits per heavy atom. The van der Waals surface area contributed by atoms with Crippen LogP contribution in [0.2, 0.25) is 18.1 Å². The number of aromatic nitrogens is 3. The molecule has 180 valence electrons. The largest absolute Gasteiger partial charge is 0.326 e. The van der Waals surface area contributed by atoms with Crippen molar-refractivity contribution in [2.45, 2.75) is 57.4 Å². The molecule has 0 saturated carbocycles. The van der Waals surface area contributed by atoms with Gasteiger partial charge in [0.25, 0.3) is 0 Å². The summed E-state index contributed by atoms with van der Waals surface area (Å²) < 4.78 is 0.957. The normalized spacial score (nSPS) is 13.8. The minimum Gasteiger partial charge on any atom is -0.326 e. The number of pyridine rings is 1. The number of fused-ring (bicyclic) bond motifs is 1. The number of rotatable bonds is 5. The number of nitrogens with zero attached hydrogens (tertiary/aromatic N) is 3. The zero-order valence-corrected chi connectivity index (χ0v) is 22.9. The maximum absolute atomic E-state index is 6.76. The second-order valence-corrected chi connectivity index (χ2v) is 16.4. The minimum atomic E-state index is -1.78. The lowest BCUT2D eigenvalue weighted by molar-refractivity contribution is 0.537. The second-order valence-electron chi connectivity index (χ2n) is 10.5. The molecule has 35 heavy (non-hydrogen) atoms. The first-order chi connectivity index (χ1) is 16.6. The smallest absolute Gasteiger partial charge is 0.160 e. The van der Waals surface area contributed by atoms with Crippen LogP contribution in [0.5, 0.6) is 0 Å². The van der Waals surface area contributed by atoms with Gasteiger partial charge in [-0.05, 0) is 29.2 Å². The van der Waals surface area contributed by atoms with Gasteiger partial charge < -0.3 is 11.5 Å². The van der Waals surface area contributed by atoms with Gasteiger partial charge in [0.15, 0.2) is 5.82 Å². The predicted molar refractivity (Wildman–Crippen MR) is 150 cm³/mol. The molecule has 0 radical (unpaired) electrons. The average molecular weight is 500 g/mol. The van der Waals surface area contributed by atoms with Crippen molar-refractivity contribution in [3.8, 4) is 22.9 Å². The Morgan fingerprint density at radius 3 is 2.34 bits per heavy atom. The Bertz CT molecular complexity index is 1360. The van der Waals surface area contributed by atoms with Crippen LogP contribution >= 0.6 is 11.3 Å². The van der Waals surface area contributed by atoms with Crippen molar-refractivity contribution >= 4 is 29.6 Å². The van der Waals surface area contributed by atoms with E-state index >= 15 is 0 Å². The summed E-state index contributed by atoms with van der Waals surface area (Å²) in [6, 6.07) is 13.3. The lowest BCUT2D eigenvalue weighted by atomic mass is 9.98. The van der Waals surface area contributed by atoms with E-state index in [9.17, 15) is 0 Å². The maximum Gasteiger partial charge on any atom is 0.160 e. The van der Waals surface area contributed by atoms with Gasteiger partial charge in [-0.1, -0.05) is 70.1 Å². The van der Waals surface area contributed by atoms with Gasteiger partial charge in [0.1, 0.15) is 13.6 Å². The molecule has 0 fully saturated rings. The van der Waals surface area contributed by atoms with Crippen LogP contribution < -0.4 is 11.5 Å². The molecule has 0 saturated heterocycles. The number of hydrogen-bond acceptors (Lipinski definition) is 6. The van der Waals surface area contributed by atoms with E-state index in [4.69, 9.17) is 21.4 Å². The zero-order chi connectivity index (χ0) is 25.2. The van der Waals surface area contributed by atoms with E-state index in [0.717, 1.165) is 32.6 Å². The van der Waals surface area contributed by atoms with E-state index in [1.54, 1.807) is 23.7 Å². The van der Waals surface area contributed by atoms with Crippen LogP contribution in [0.1, 0.15) is 43.6 Å². The van der Waals surface area contributed by atoms with Crippen molar-refractivity contribution in [2.75, 3.05) is 0 Å². The number of nitrogens with two attached hydrogens (primary N) is 2.